The second-order valence-electron chi connectivity index (χ2n) is 7.15. The quantitative estimate of drug-likeness (QED) is 0.833. The Morgan fingerprint density at radius 2 is 1.96 bits per heavy atom. The molecule has 7 heteroatoms. The van der Waals surface area contributed by atoms with Crippen molar-refractivity contribution in [1.82, 2.24) is 19.4 Å². The summed E-state index contributed by atoms with van der Waals surface area (Å²) < 4.78 is 1.97. The lowest BCUT2D eigenvalue weighted by Gasteiger charge is -2.41. The van der Waals surface area contributed by atoms with E-state index in [0.717, 1.165) is 17.9 Å². The Hall–Kier alpha value is -2.67. The fraction of sp³-hybridized carbons (Fsp3) is 0.450. The van der Waals surface area contributed by atoms with E-state index >= 15 is 0 Å². The molecule has 1 aromatic heterocycles. The van der Waals surface area contributed by atoms with E-state index in [2.05, 4.69) is 23.7 Å². The molecule has 3 rings (SSSR count). The highest BCUT2D eigenvalue weighted by Gasteiger charge is 2.34. The van der Waals surface area contributed by atoms with E-state index < -0.39 is 11.9 Å². The summed E-state index contributed by atoms with van der Waals surface area (Å²) in [5, 5.41) is 0. The van der Waals surface area contributed by atoms with E-state index in [1.807, 2.05) is 41.1 Å². The minimum absolute atomic E-state index is 0.0464. The zero-order valence-electron chi connectivity index (χ0n) is 15.9. The van der Waals surface area contributed by atoms with Crippen molar-refractivity contribution in [3.8, 4) is 11.4 Å². The maximum atomic E-state index is 12.8. The molecule has 144 valence electrons. The minimum Gasteiger partial charge on any atom is -0.368 e. The van der Waals surface area contributed by atoms with Crippen molar-refractivity contribution in [2.24, 2.45) is 5.73 Å². The number of benzene rings is 1. The molecule has 2 N–H and O–H groups in total. The summed E-state index contributed by atoms with van der Waals surface area (Å²) in [6.07, 6.45) is 3.92. The van der Waals surface area contributed by atoms with Gasteiger partial charge in [-0.05, 0) is 13.8 Å². The zero-order valence-corrected chi connectivity index (χ0v) is 15.9. The molecule has 1 atom stereocenters. The van der Waals surface area contributed by atoms with E-state index in [-0.39, 0.29) is 5.91 Å². The van der Waals surface area contributed by atoms with E-state index in [4.69, 9.17) is 5.73 Å². The lowest BCUT2D eigenvalue weighted by molar-refractivity contribution is -0.143. The second kappa shape index (κ2) is 8.35. The molecule has 0 aliphatic carbocycles. The van der Waals surface area contributed by atoms with Gasteiger partial charge in [-0.15, -0.1) is 0 Å². The number of amides is 2. The molecule has 2 heterocycles. The van der Waals surface area contributed by atoms with Crippen molar-refractivity contribution in [3.05, 3.63) is 42.7 Å². The molecule has 1 aromatic carbocycles. The van der Waals surface area contributed by atoms with Crippen LogP contribution in [-0.4, -0.2) is 62.9 Å². The highest BCUT2D eigenvalue weighted by molar-refractivity contribution is 5.87. The molecule has 7 nitrogen and oxygen atoms in total. The Bertz CT molecular complexity index is 787. The molecule has 1 aliphatic rings. The molecule has 0 saturated carbocycles. The van der Waals surface area contributed by atoms with Crippen LogP contribution in [0.3, 0.4) is 0 Å². The molecule has 2 aromatic rings. The Morgan fingerprint density at radius 1 is 1.22 bits per heavy atom. The molecule has 0 spiro atoms. The van der Waals surface area contributed by atoms with Gasteiger partial charge in [0.2, 0.25) is 11.8 Å². The summed E-state index contributed by atoms with van der Waals surface area (Å²) in [4.78, 5) is 32.9. The van der Waals surface area contributed by atoms with Gasteiger partial charge in [-0.2, -0.15) is 0 Å². The predicted octanol–water partition coefficient (Wildman–Crippen LogP) is 1.35. The van der Waals surface area contributed by atoms with Gasteiger partial charge in [0, 0.05) is 56.6 Å². The number of aromatic nitrogens is 2. The smallest absolute Gasteiger partial charge is 0.241 e. The van der Waals surface area contributed by atoms with Crippen LogP contribution in [-0.2, 0) is 16.1 Å². The highest BCUT2D eigenvalue weighted by Crippen LogP contribution is 2.18. The maximum absolute atomic E-state index is 12.8. The van der Waals surface area contributed by atoms with Gasteiger partial charge in [-0.1, -0.05) is 30.3 Å². The number of rotatable bonds is 6. The molecule has 2 amide bonds. The number of carbonyl (C=O) groups is 2. The van der Waals surface area contributed by atoms with Crippen LogP contribution in [0.2, 0.25) is 0 Å². The summed E-state index contributed by atoms with van der Waals surface area (Å²) >= 11 is 0. The van der Waals surface area contributed by atoms with Crippen LogP contribution in [0, 0.1) is 0 Å². The number of hydrogen-bond donors (Lipinski definition) is 1. The standard InChI is InChI=1S/C20H27N5O2/c1-15(2)24-12-13-25(17(14-24)19(21)27)18(26)8-10-23-11-9-22-20(23)16-6-4-3-5-7-16/h3-7,9,11,15,17H,8,10,12-14H2,1-2H3,(H2,21,27). The van der Waals surface area contributed by atoms with Gasteiger partial charge in [-0.3, -0.25) is 14.5 Å². The van der Waals surface area contributed by atoms with Crippen molar-refractivity contribution in [3.63, 3.8) is 0 Å². The predicted molar refractivity (Wildman–Crippen MR) is 104 cm³/mol. The van der Waals surface area contributed by atoms with Crippen molar-refractivity contribution < 1.29 is 9.59 Å². The number of aryl methyl sites for hydroxylation is 1. The van der Waals surface area contributed by atoms with Crippen LogP contribution >= 0.6 is 0 Å². The molecule has 27 heavy (non-hydrogen) atoms. The van der Waals surface area contributed by atoms with E-state index in [1.54, 1.807) is 11.1 Å². The Labute approximate surface area is 159 Å². The van der Waals surface area contributed by atoms with Gasteiger partial charge in [0.05, 0.1) is 0 Å². The van der Waals surface area contributed by atoms with Crippen molar-refractivity contribution in [2.45, 2.75) is 38.9 Å². The van der Waals surface area contributed by atoms with Crippen LogP contribution < -0.4 is 5.73 Å². The van der Waals surface area contributed by atoms with Crippen molar-refractivity contribution >= 4 is 11.8 Å². The van der Waals surface area contributed by atoms with Gasteiger partial charge >= 0.3 is 0 Å². The lowest BCUT2D eigenvalue weighted by Crippen LogP contribution is -2.61. The Morgan fingerprint density at radius 3 is 2.63 bits per heavy atom. The van der Waals surface area contributed by atoms with Crippen LogP contribution in [0.15, 0.2) is 42.7 Å². The summed E-state index contributed by atoms with van der Waals surface area (Å²) in [7, 11) is 0. The van der Waals surface area contributed by atoms with Gasteiger partial charge < -0.3 is 15.2 Å². The summed E-state index contributed by atoms with van der Waals surface area (Å²) in [6.45, 7) is 6.46. The first-order valence-electron chi connectivity index (χ1n) is 9.36. The lowest BCUT2D eigenvalue weighted by atomic mass is 10.1. The molecule has 0 radical (unpaired) electrons. The third-order valence-electron chi connectivity index (χ3n) is 5.10. The maximum Gasteiger partial charge on any atom is 0.241 e. The number of piperazine rings is 1. The van der Waals surface area contributed by atoms with E-state index in [0.29, 0.717) is 32.1 Å². The summed E-state index contributed by atoms with van der Waals surface area (Å²) in [5.74, 6) is 0.343. The molecule has 0 bridgehead atoms. The Kier molecular flexibility index (Phi) is 5.91. The largest absolute Gasteiger partial charge is 0.368 e. The number of nitrogens with two attached hydrogens (primary N) is 1. The average molecular weight is 369 g/mol. The number of nitrogens with zero attached hydrogens (tertiary/aromatic N) is 4. The van der Waals surface area contributed by atoms with Crippen LogP contribution in [0.1, 0.15) is 20.3 Å². The number of carbonyl (C=O) groups excluding carboxylic acids is 2. The minimum atomic E-state index is -0.565. The van der Waals surface area contributed by atoms with Crippen LogP contribution in [0.4, 0.5) is 0 Å². The number of primary amides is 1. The third kappa shape index (κ3) is 4.36. The SMILES string of the molecule is CC(C)N1CCN(C(=O)CCn2ccnc2-c2ccccc2)C(C(N)=O)C1. The highest BCUT2D eigenvalue weighted by atomic mass is 16.2. The van der Waals surface area contributed by atoms with Gasteiger partial charge in [0.15, 0.2) is 0 Å². The molecule has 1 saturated heterocycles. The fourth-order valence-electron chi connectivity index (χ4n) is 3.51. The topological polar surface area (TPSA) is 84.5 Å². The van der Waals surface area contributed by atoms with Gasteiger partial charge in [0.25, 0.3) is 0 Å². The molecule has 1 unspecified atom stereocenters. The molecular weight excluding hydrogens is 342 g/mol. The molecule has 1 aliphatic heterocycles. The van der Waals surface area contributed by atoms with Gasteiger partial charge in [-0.25, -0.2) is 4.98 Å². The number of imidazole rings is 1. The molecule has 1 fully saturated rings. The van der Waals surface area contributed by atoms with E-state index in [1.165, 1.54) is 0 Å². The van der Waals surface area contributed by atoms with Gasteiger partial charge in [0.1, 0.15) is 11.9 Å². The van der Waals surface area contributed by atoms with E-state index in [9.17, 15) is 9.59 Å². The summed E-state index contributed by atoms with van der Waals surface area (Å²) in [6, 6.07) is 9.63. The number of hydrogen-bond acceptors (Lipinski definition) is 4. The first-order valence-corrected chi connectivity index (χ1v) is 9.36. The first kappa shape index (κ1) is 19.1. The normalized spacial score (nSPS) is 18.0. The second-order valence-corrected chi connectivity index (χ2v) is 7.15. The molecular formula is C20H27N5O2. The monoisotopic (exact) mass is 369 g/mol. The zero-order chi connectivity index (χ0) is 19.4. The third-order valence-corrected chi connectivity index (χ3v) is 5.10. The fourth-order valence-corrected chi connectivity index (χ4v) is 3.51. The van der Waals surface area contributed by atoms with Crippen molar-refractivity contribution in [2.75, 3.05) is 19.6 Å². The Balaban J connectivity index is 1.66. The van der Waals surface area contributed by atoms with Crippen LogP contribution in [0.25, 0.3) is 11.4 Å². The van der Waals surface area contributed by atoms with Crippen LogP contribution in [0.5, 0.6) is 0 Å². The van der Waals surface area contributed by atoms with Crippen molar-refractivity contribution in [1.29, 1.82) is 0 Å². The summed E-state index contributed by atoms with van der Waals surface area (Å²) in [5.41, 5.74) is 6.58. The first-order chi connectivity index (χ1) is 13.0. The average Bonchev–Trinajstić information content (AvgIpc) is 3.14.